The van der Waals surface area contributed by atoms with Crippen LogP contribution in [-0.4, -0.2) is 16.3 Å². The predicted octanol–water partition coefficient (Wildman–Crippen LogP) is 2.02. The van der Waals surface area contributed by atoms with Crippen molar-refractivity contribution >= 4 is 0 Å². The number of hydrogen-bond acceptors (Lipinski definition) is 3. The summed E-state index contributed by atoms with van der Waals surface area (Å²) < 4.78 is 7.16. The largest absolute Gasteiger partial charge is 0.469 e. The van der Waals surface area contributed by atoms with Gasteiger partial charge >= 0.3 is 0 Å². The van der Waals surface area contributed by atoms with E-state index in [0.29, 0.717) is 0 Å². The maximum absolute atomic E-state index is 5.35. The number of aryl methyl sites for hydroxylation is 2. The maximum atomic E-state index is 5.35. The number of nitrogens with one attached hydrogen (secondary N) is 1. The molecule has 4 heteroatoms. The maximum Gasteiger partial charge on any atom is 0.105 e. The number of hydrogen-bond donors (Lipinski definition) is 1. The normalized spacial score (nSPS) is 12.9. The van der Waals surface area contributed by atoms with Gasteiger partial charge in [-0.25, -0.2) is 0 Å². The SMILES string of the molecule is CCNC(c1ccn(C)n1)c1ccoc1C. The lowest BCUT2D eigenvalue weighted by Crippen LogP contribution is -2.22. The summed E-state index contributed by atoms with van der Waals surface area (Å²) in [5.74, 6) is 0.941. The highest BCUT2D eigenvalue weighted by molar-refractivity contribution is 5.28. The molecule has 0 aliphatic heterocycles. The Morgan fingerprint density at radius 3 is 2.81 bits per heavy atom. The van der Waals surface area contributed by atoms with Crippen molar-refractivity contribution in [1.29, 1.82) is 0 Å². The van der Waals surface area contributed by atoms with Crippen LogP contribution in [0.15, 0.2) is 29.0 Å². The third-order valence-electron chi connectivity index (χ3n) is 2.65. The summed E-state index contributed by atoms with van der Waals surface area (Å²) in [6, 6.07) is 4.14. The van der Waals surface area contributed by atoms with E-state index in [2.05, 4.69) is 17.3 Å². The van der Waals surface area contributed by atoms with Crippen LogP contribution in [-0.2, 0) is 7.05 Å². The van der Waals surface area contributed by atoms with Crippen LogP contribution in [0.2, 0.25) is 0 Å². The van der Waals surface area contributed by atoms with Crippen LogP contribution in [0.25, 0.3) is 0 Å². The van der Waals surface area contributed by atoms with Crippen LogP contribution in [0.3, 0.4) is 0 Å². The van der Waals surface area contributed by atoms with Gasteiger partial charge in [0.05, 0.1) is 18.0 Å². The Labute approximate surface area is 95.3 Å². The zero-order valence-electron chi connectivity index (χ0n) is 9.90. The third-order valence-corrected chi connectivity index (χ3v) is 2.65. The van der Waals surface area contributed by atoms with E-state index in [4.69, 9.17) is 4.42 Å². The van der Waals surface area contributed by atoms with E-state index in [-0.39, 0.29) is 6.04 Å². The molecular formula is C12H17N3O. The van der Waals surface area contributed by atoms with E-state index in [9.17, 15) is 0 Å². The Balaban J connectivity index is 2.34. The lowest BCUT2D eigenvalue weighted by atomic mass is 10.1. The lowest BCUT2D eigenvalue weighted by Gasteiger charge is -2.14. The Morgan fingerprint density at radius 1 is 1.50 bits per heavy atom. The zero-order valence-corrected chi connectivity index (χ0v) is 9.90. The van der Waals surface area contributed by atoms with Crippen molar-refractivity contribution in [3.63, 3.8) is 0 Å². The highest BCUT2D eigenvalue weighted by atomic mass is 16.3. The Kier molecular flexibility index (Phi) is 3.10. The molecule has 0 fully saturated rings. The molecule has 2 aromatic rings. The van der Waals surface area contributed by atoms with Crippen LogP contribution >= 0.6 is 0 Å². The Hall–Kier alpha value is -1.55. The summed E-state index contributed by atoms with van der Waals surface area (Å²) in [6.45, 7) is 4.96. The molecule has 0 saturated heterocycles. The number of nitrogens with zero attached hydrogens (tertiary/aromatic N) is 2. The monoisotopic (exact) mass is 219 g/mol. The molecule has 2 heterocycles. The van der Waals surface area contributed by atoms with Crippen molar-refractivity contribution in [3.8, 4) is 0 Å². The highest BCUT2D eigenvalue weighted by Crippen LogP contribution is 2.24. The van der Waals surface area contributed by atoms with Crippen molar-refractivity contribution in [2.24, 2.45) is 7.05 Å². The van der Waals surface area contributed by atoms with Gasteiger partial charge in [-0.15, -0.1) is 0 Å². The van der Waals surface area contributed by atoms with Crippen LogP contribution in [0.5, 0.6) is 0 Å². The van der Waals surface area contributed by atoms with Crippen LogP contribution in [0.4, 0.5) is 0 Å². The molecule has 0 aromatic carbocycles. The van der Waals surface area contributed by atoms with Gasteiger partial charge < -0.3 is 9.73 Å². The molecule has 0 saturated carbocycles. The smallest absolute Gasteiger partial charge is 0.105 e. The van der Waals surface area contributed by atoms with Gasteiger partial charge in [-0.05, 0) is 25.6 Å². The van der Waals surface area contributed by atoms with Crippen LogP contribution in [0.1, 0.15) is 30.0 Å². The van der Waals surface area contributed by atoms with E-state index in [0.717, 1.165) is 23.6 Å². The molecule has 0 aliphatic rings. The summed E-state index contributed by atoms with van der Waals surface area (Å²) in [6.07, 6.45) is 3.67. The third kappa shape index (κ3) is 2.02. The molecule has 1 atom stereocenters. The summed E-state index contributed by atoms with van der Waals surface area (Å²) in [7, 11) is 1.93. The fourth-order valence-electron chi connectivity index (χ4n) is 1.86. The lowest BCUT2D eigenvalue weighted by molar-refractivity contribution is 0.517. The molecule has 2 aromatic heterocycles. The second kappa shape index (κ2) is 4.53. The quantitative estimate of drug-likeness (QED) is 0.855. The van der Waals surface area contributed by atoms with Crippen molar-refractivity contribution in [2.45, 2.75) is 19.9 Å². The fraction of sp³-hybridized carbons (Fsp3) is 0.417. The van der Waals surface area contributed by atoms with Crippen LogP contribution in [0, 0.1) is 6.92 Å². The minimum Gasteiger partial charge on any atom is -0.469 e. The molecule has 0 amide bonds. The highest BCUT2D eigenvalue weighted by Gasteiger charge is 2.18. The van der Waals surface area contributed by atoms with Crippen molar-refractivity contribution < 1.29 is 4.42 Å². The molecule has 0 radical (unpaired) electrons. The zero-order chi connectivity index (χ0) is 11.5. The molecule has 0 spiro atoms. The fourth-order valence-corrected chi connectivity index (χ4v) is 1.86. The molecule has 0 aliphatic carbocycles. The molecule has 86 valence electrons. The minimum atomic E-state index is 0.116. The van der Waals surface area contributed by atoms with E-state index < -0.39 is 0 Å². The topological polar surface area (TPSA) is 43.0 Å². The first kappa shape index (κ1) is 11.0. The second-order valence-electron chi connectivity index (χ2n) is 3.84. The molecule has 2 rings (SSSR count). The number of rotatable bonds is 4. The second-order valence-corrected chi connectivity index (χ2v) is 3.84. The average Bonchev–Trinajstić information content (AvgIpc) is 2.84. The van der Waals surface area contributed by atoms with E-state index in [1.165, 1.54) is 0 Å². The van der Waals surface area contributed by atoms with Gasteiger partial charge in [0.25, 0.3) is 0 Å². The standard InChI is InChI=1S/C12H17N3O/c1-4-13-12(10-6-8-16-9(10)2)11-5-7-15(3)14-11/h5-8,12-13H,4H2,1-3H3. The molecule has 1 N–H and O–H groups in total. The molecular weight excluding hydrogens is 202 g/mol. The van der Waals surface area contributed by atoms with Gasteiger partial charge in [0.15, 0.2) is 0 Å². The van der Waals surface area contributed by atoms with Gasteiger partial charge in [0, 0.05) is 18.8 Å². The van der Waals surface area contributed by atoms with Gasteiger partial charge in [-0.1, -0.05) is 6.92 Å². The summed E-state index contributed by atoms with van der Waals surface area (Å²) >= 11 is 0. The van der Waals surface area contributed by atoms with Gasteiger partial charge in [-0.2, -0.15) is 5.10 Å². The van der Waals surface area contributed by atoms with Crippen molar-refractivity contribution in [3.05, 3.63) is 41.6 Å². The number of furan rings is 1. The first-order valence-corrected chi connectivity index (χ1v) is 5.49. The summed E-state index contributed by atoms with van der Waals surface area (Å²) in [4.78, 5) is 0. The summed E-state index contributed by atoms with van der Waals surface area (Å²) in [5.41, 5.74) is 2.18. The number of aromatic nitrogens is 2. The van der Waals surface area contributed by atoms with Crippen molar-refractivity contribution in [1.82, 2.24) is 15.1 Å². The van der Waals surface area contributed by atoms with E-state index in [1.54, 1.807) is 6.26 Å². The first-order chi connectivity index (χ1) is 7.72. The molecule has 16 heavy (non-hydrogen) atoms. The van der Waals surface area contributed by atoms with Gasteiger partial charge in [0.1, 0.15) is 5.76 Å². The van der Waals surface area contributed by atoms with E-state index >= 15 is 0 Å². The average molecular weight is 219 g/mol. The molecule has 1 unspecified atom stereocenters. The molecule has 0 bridgehead atoms. The Bertz CT molecular complexity index is 458. The molecule has 4 nitrogen and oxygen atoms in total. The minimum absolute atomic E-state index is 0.116. The van der Waals surface area contributed by atoms with Crippen LogP contribution < -0.4 is 5.32 Å². The predicted molar refractivity (Wildman–Crippen MR) is 62.2 cm³/mol. The van der Waals surface area contributed by atoms with Gasteiger partial charge in [-0.3, -0.25) is 4.68 Å². The van der Waals surface area contributed by atoms with Crippen molar-refractivity contribution in [2.75, 3.05) is 6.54 Å². The summed E-state index contributed by atoms with van der Waals surface area (Å²) in [5, 5.41) is 7.86. The van der Waals surface area contributed by atoms with Gasteiger partial charge in [0.2, 0.25) is 0 Å². The van der Waals surface area contributed by atoms with E-state index in [1.807, 2.05) is 37.0 Å². The Morgan fingerprint density at radius 2 is 2.31 bits per heavy atom. The first-order valence-electron chi connectivity index (χ1n) is 5.49.